The van der Waals surface area contributed by atoms with Crippen molar-refractivity contribution in [3.8, 4) is 16.9 Å². The molecule has 0 bridgehead atoms. The first-order valence-corrected chi connectivity index (χ1v) is 9.48. The molecule has 0 aliphatic carbocycles. The molecule has 4 rings (SSSR count). The summed E-state index contributed by atoms with van der Waals surface area (Å²) in [5, 5.41) is 0. The molecule has 1 saturated heterocycles. The van der Waals surface area contributed by atoms with Crippen molar-refractivity contribution in [2.75, 3.05) is 50.7 Å². The van der Waals surface area contributed by atoms with E-state index in [9.17, 15) is 0 Å². The molecule has 1 fully saturated rings. The largest absolute Gasteiger partial charge is 0.497 e. The highest BCUT2D eigenvalue weighted by Crippen LogP contribution is 2.32. The lowest BCUT2D eigenvalue weighted by atomic mass is 10.0. The molecule has 1 atom stereocenters. The number of hydrogen-bond donors (Lipinski definition) is 0. The van der Waals surface area contributed by atoms with Crippen LogP contribution in [-0.4, -0.2) is 60.8 Å². The van der Waals surface area contributed by atoms with E-state index in [1.165, 1.54) is 0 Å². The molecular weight excluding hydrogens is 368 g/mol. The molecule has 29 heavy (non-hydrogen) atoms. The molecule has 1 unspecified atom stereocenters. The summed E-state index contributed by atoms with van der Waals surface area (Å²) in [5.74, 6) is 2.16. The third kappa shape index (κ3) is 4.12. The summed E-state index contributed by atoms with van der Waals surface area (Å²) in [6.07, 6.45) is 5.15. The van der Waals surface area contributed by atoms with E-state index in [-0.39, 0.29) is 6.10 Å². The van der Waals surface area contributed by atoms with Gasteiger partial charge in [-0.25, -0.2) is 19.9 Å². The van der Waals surface area contributed by atoms with Crippen LogP contribution in [-0.2, 0) is 4.74 Å². The molecule has 3 heterocycles. The summed E-state index contributed by atoms with van der Waals surface area (Å²) < 4.78 is 11.4. The Morgan fingerprint density at radius 1 is 1.10 bits per heavy atom. The zero-order valence-corrected chi connectivity index (χ0v) is 16.8. The Morgan fingerprint density at radius 3 is 2.55 bits per heavy atom. The Labute approximate surface area is 170 Å². The summed E-state index contributed by atoms with van der Waals surface area (Å²) >= 11 is 0. The average molecular weight is 392 g/mol. The summed E-state index contributed by atoms with van der Waals surface area (Å²) in [6, 6.07) is 9.71. The van der Waals surface area contributed by atoms with Gasteiger partial charge in [-0.1, -0.05) is 12.1 Å². The van der Waals surface area contributed by atoms with Crippen LogP contribution in [0.25, 0.3) is 11.1 Å². The van der Waals surface area contributed by atoms with E-state index < -0.39 is 0 Å². The number of methoxy groups -OCH3 is 1. The van der Waals surface area contributed by atoms with Crippen LogP contribution in [0.15, 0.2) is 48.9 Å². The van der Waals surface area contributed by atoms with E-state index in [1.54, 1.807) is 19.5 Å². The van der Waals surface area contributed by atoms with Gasteiger partial charge in [0.25, 0.3) is 0 Å². The van der Waals surface area contributed by atoms with Crippen LogP contribution in [0.5, 0.6) is 5.75 Å². The zero-order valence-electron chi connectivity index (χ0n) is 16.8. The molecule has 0 amide bonds. The fourth-order valence-electron chi connectivity index (χ4n) is 3.29. The molecule has 1 aliphatic rings. The highest BCUT2D eigenvalue weighted by Gasteiger charge is 2.28. The lowest BCUT2D eigenvalue weighted by Crippen LogP contribution is -2.39. The van der Waals surface area contributed by atoms with Gasteiger partial charge in [-0.3, -0.25) is 0 Å². The zero-order chi connectivity index (χ0) is 20.2. The van der Waals surface area contributed by atoms with Crippen molar-refractivity contribution in [3.05, 3.63) is 54.6 Å². The van der Waals surface area contributed by atoms with Crippen LogP contribution in [0.3, 0.4) is 0 Å². The number of morpholine rings is 1. The van der Waals surface area contributed by atoms with Crippen LogP contribution < -0.4 is 14.5 Å². The van der Waals surface area contributed by atoms with Crippen molar-refractivity contribution in [1.82, 2.24) is 19.9 Å². The van der Waals surface area contributed by atoms with E-state index >= 15 is 0 Å². The molecule has 150 valence electrons. The molecule has 0 saturated carbocycles. The van der Waals surface area contributed by atoms with Gasteiger partial charge in [0.2, 0.25) is 11.9 Å². The summed E-state index contributed by atoms with van der Waals surface area (Å²) in [4.78, 5) is 22.1. The molecule has 8 nitrogen and oxygen atoms in total. The number of hydrogen-bond acceptors (Lipinski definition) is 8. The third-order valence-corrected chi connectivity index (χ3v) is 4.81. The Bertz CT molecular complexity index is 949. The fraction of sp³-hybridized carbons (Fsp3) is 0.333. The maximum Gasteiger partial charge on any atom is 0.225 e. The van der Waals surface area contributed by atoms with Gasteiger partial charge in [-0.05, 0) is 23.8 Å². The number of rotatable bonds is 5. The molecule has 1 aliphatic heterocycles. The van der Waals surface area contributed by atoms with Gasteiger partial charge >= 0.3 is 0 Å². The quantitative estimate of drug-likeness (QED) is 0.656. The molecule has 2 aromatic heterocycles. The van der Waals surface area contributed by atoms with Gasteiger partial charge < -0.3 is 19.3 Å². The van der Waals surface area contributed by atoms with E-state index in [2.05, 4.69) is 19.9 Å². The van der Waals surface area contributed by atoms with E-state index in [0.717, 1.165) is 29.1 Å². The van der Waals surface area contributed by atoms with Crippen LogP contribution in [0.4, 0.5) is 11.9 Å². The standard InChI is InChI=1S/C21H24N6O2/c1-26(2)21-24-13-17(15-5-7-16(28-3)8-6-15)19(25-21)18-14-27(11-12-29-18)20-22-9-4-10-23-20/h4-10,13,18H,11-12,14H2,1-3H3. The number of anilines is 2. The minimum atomic E-state index is -0.216. The molecule has 8 heteroatoms. The van der Waals surface area contributed by atoms with Crippen LogP contribution in [0.2, 0.25) is 0 Å². The Kier molecular flexibility index (Phi) is 5.53. The lowest BCUT2D eigenvalue weighted by Gasteiger charge is -2.33. The Hall–Kier alpha value is -3.26. The maximum absolute atomic E-state index is 6.13. The molecule has 0 spiro atoms. The van der Waals surface area contributed by atoms with Crippen LogP contribution in [0, 0.1) is 0 Å². The highest BCUT2D eigenvalue weighted by molar-refractivity contribution is 5.67. The smallest absolute Gasteiger partial charge is 0.225 e. The average Bonchev–Trinajstić information content (AvgIpc) is 2.79. The minimum Gasteiger partial charge on any atom is -0.497 e. The number of ether oxygens (including phenoxy) is 2. The molecule has 3 aromatic rings. The second kappa shape index (κ2) is 8.40. The first-order valence-electron chi connectivity index (χ1n) is 9.48. The maximum atomic E-state index is 6.13. The predicted molar refractivity (Wildman–Crippen MR) is 111 cm³/mol. The molecular formula is C21H24N6O2. The van der Waals surface area contributed by atoms with E-state index in [0.29, 0.717) is 25.0 Å². The molecule has 1 aromatic carbocycles. The predicted octanol–water partition coefficient (Wildman–Crippen LogP) is 2.59. The summed E-state index contributed by atoms with van der Waals surface area (Å²) in [6.45, 7) is 1.94. The Balaban J connectivity index is 1.71. The van der Waals surface area contributed by atoms with Crippen LogP contribution >= 0.6 is 0 Å². The van der Waals surface area contributed by atoms with Gasteiger partial charge in [0.15, 0.2) is 0 Å². The van der Waals surface area contributed by atoms with Crippen molar-refractivity contribution >= 4 is 11.9 Å². The second-order valence-electron chi connectivity index (χ2n) is 6.95. The summed E-state index contributed by atoms with van der Waals surface area (Å²) in [7, 11) is 5.52. The van der Waals surface area contributed by atoms with Crippen molar-refractivity contribution in [3.63, 3.8) is 0 Å². The Morgan fingerprint density at radius 2 is 1.86 bits per heavy atom. The number of nitrogens with zero attached hydrogens (tertiary/aromatic N) is 6. The first kappa shape index (κ1) is 19.1. The fourth-order valence-corrected chi connectivity index (χ4v) is 3.29. The van der Waals surface area contributed by atoms with Gasteiger partial charge in [0.1, 0.15) is 11.9 Å². The van der Waals surface area contributed by atoms with Crippen molar-refractivity contribution in [2.24, 2.45) is 0 Å². The number of aromatic nitrogens is 4. The molecule has 0 radical (unpaired) electrons. The first-order chi connectivity index (χ1) is 14.2. The van der Waals surface area contributed by atoms with Gasteiger partial charge in [-0.15, -0.1) is 0 Å². The SMILES string of the molecule is COc1ccc(-c2cnc(N(C)C)nc2C2CN(c3ncccn3)CCO2)cc1. The van der Waals surface area contributed by atoms with E-state index in [1.807, 2.05) is 55.5 Å². The second-order valence-corrected chi connectivity index (χ2v) is 6.95. The van der Waals surface area contributed by atoms with Gasteiger partial charge in [0.05, 0.1) is 26.0 Å². The lowest BCUT2D eigenvalue weighted by molar-refractivity contribution is 0.0368. The third-order valence-electron chi connectivity index (χ3n) is 4.81. The van der Waals surface area contributed by atoms with Crippen molar-refractivity contribution < 1.29 is 9.47 Å². The van der Waals surface area contributed by atoms with Crippen LogP contribution in [0.1, 0.15) is 11.8 Å². The number of benzene rings is 1. The highest BCUT2D eigenvalue weighted by atomic mass is 16.5. The van der Waals surface area contributed by atoms with Crippen molar-refractivity contribution in [1.29, 1.82) is 0 Å². The van der Waals surface area contributed by atoms with Gasteiger partial charge in [0, 0.05) is 44.8 Å². The molecule has 0 N–H and O–H groups in total. The monoisotopic (exact) mass is 392 g/mol. The van der Waals surface area contributed by atoms with Crippen molar-refractivity contribution in [2.45, 2.75) is 6.10 Å². The topological polar surface area (TPSA) is 76.5 Å². The van der Waals surface area contributed by atoms with Gasteiger partial charge in [-0.2, -0.15) is 0 Å². The summed E-state index contributed by atoms with van der Waals surface area (Å²) in [5.41, 5.74) is 2.82. The normalized spacial score (nSPS) is 16.5. The minimum absolute atomic E-state index is 0.216. The van der Waals surface area contributed by atoms with E-state index in [4.69, 9.17) is 14.5 Å².